The Hall–Kier alpha value is -2.00. The van der Waals surface area contributed by atoms with Crippen molar-refractivity contribution in [1.82, 2.24) is 0 Å². The summed E-state index contributed by atoms with van der Waals surface area (Å²) in [6, 6.07) is 13.0. The van der Waals surface area contributed by atoms with E-state index in [1.54, 1.807) is 6.07 Å². The van der Waals surface area contributed by atoms with Gasteiger partial charge in [0.05, 0.1) is 5.71 Å². The van der Waals surface area contributed by atoms with Gasteiger partial charge in [0.15, 0.2) is 0 Å². The quantitative estimate of drug-likeness (QED) is 0.576. The fourth-order valence-corrected chi connectivity index (χ4v) is 2.30. The SMILES string of the molecule is O/N=C1/Cc2c(Cl)cccc2Oc2ccccc21. The van der Waals surface area contributed by atoms with Crippen LogP contribution in [-0.2, 0) is 6.42 Å². The molecule has 1 N–H and O–H groups in total. The largest absolute Gasteiger partial charge is 0.456 e. The monoisotopic (exact) mass is 259 g/mol. The summed E-state index contributed by atoms with van der Waals surface area (Å²) < 4.78 is 5.84. The molecule has 2 aromatic rings. The van der Waals surface area contributed by atoms with Gasteiger partial charge in [-0.05, 0) is 24.3 Å². The number of ether oxygens (including phenoxy) is 1. The zero-order valence-electron chi connectivity index (χ0n) is 9.43. The van der Waals surface area contributed by atoms with Crippen molar-refractivity contribution >= 4 is 17.3 Å². The van der Waals surface area contributed by atoms with Gasteiger partial charge in [0.2, 0.25) is 0 Å². The number of nitrogens with zero attached hydrogens (tertiary/aromatic N) is 1. The second kappa shape index (κ2) is 4.35. The van der Waals surface area contributed by atoms with E-state index in [1.165, 1.54) is 0 Å². The van der Waals surface area contributed by atoms with E-state index >= 15 is 0 Å². The van der Waals surface area contributed by atoms with E-state index in [-0.39, 0.29) is 0 Å². The van der Waals surface area contributed by atoms with E-state index in [4.69, 9.17) is 21.5 Å². The Morgan fingerprint density at radius 3 is 2.67 bits per heavy atom. The zero-order valence-corrected chi connectivity index (χ0v) is 10.2. The van der Waals surface area contributed by atoms with Gasteiger partial charge in [-0.1, -0.05) is 35.0 Å². The third kappa shape index (κ3) is 1.73. The van der Waals surface area contributed by atoms with Gasteiger partial charge < -0.3 is 9.94 Å². The lowest BCUT2D eigenvalue weighted by molar-refractivity contribution is 0.318. The van der Waals surface area contributed by atoms with Gasteiger partial charge in [-0.2, -0.15) is 0 Å². The van der Waals surface area contributed by atoms with Crippen LogP contribution in [0.1, 0.15) is 11.1 Å². The molecule has 3 nitrogen and oxygen atoms in total. The van der Waals surface area contributed by atoms with Crippen LogP contribution >= 0.6 is 11.6 Å². The van der Waals surface area contributed by atoms with Crippen molar-refractivity contribution in [1.29, 1.82) is 0 Å². The van der Waals surface area contributed by atoms with E-state index in [9.17, 15) is 0 Å². The summed E-state index contributed by atoms with van der Waals surface area (Å²) in [4.78, 5) is 0. The number of para-hydroxylation sites is 1. The van der Waals surface area contributed by atoms with Gasteiger partial charge in [-0.3, -0.25) is 0 Å². The third-order valence-electron chi connectivity index (χ3n) is 2.96. The van der Waals surface area contributed by atoms with Crippen LogP contribution in [0.5, 0.6) is 11.5 Å². The van der Waals surface area contributed by atoms with Crippen LogP contribution in [0.15, 0.2) is 47.6 Å². The maximum Gasteiger partial charge on any atom is 0.136 e. The van der Waals surface area contributed by atoms with Crippen molar-refractivity contribution < 1.29 is 9.94 Å². The second-order valence-electron chi connectivity index (χ2n) is 4.04. The van der Waals surface area contributed by atoms with Crippen molar-refractivity contribution in [2.75, 3.05) is 0 Å². The van der Waals surface area contributed by atoms with Gasteiger partial charge in [0.25, 0.3) is 0 Å². The average molecular weight is 260 g/mol. The number of oxime groups is 1. The van der Waals surface area contributed by atoms with Crippen molar-refractivity contribution in [3.8, 4) is 11.5 Å². The molecular formula is C14H10ClNO2. The molecule has 0 aromatic heterocycles. The second-order valence-corrected chi connectivity index (χ2v) is 4.45. The van der Waals surface area contributed by atoms with Gasteiger partial charge in [0, 0.05) is 22.6 Å². The van der Waals surface area contributed by atoms with E-state index in [0.717, 1.165) is 11.1 Å². The van der Waals surface area contributed by atoms with Crippen molar-refractivity contribution in [2.45, 2.75) is 6.42 Å². The molecule has 1 aliphatic rings. The Morgan fingerprint density at radius 1 is 1.06 bits per heavy atom. The molecule has 2 aromatic carbocycles. The number of halogens is 1. The molecule has 1 aliphatic heterocycles. The lowest BCUT2D eigenvalue weighted by atomic mass is 10.0. The Balaban J connectivity index is 2.23. The smallest absolute Gasteiger partial charge is 0.136 e. The van der Waals surface area contributed by atoms with Gasteiger partial charge in [-0.15, -0.1) is 0 Å². The molecule has 90 valence electrons. The Labute approximate surface area is 109 Å². The highest BCUT2D eigenvalue weighted by atomic mass is 35.5. The Morgan fingerprint density at radius 2 is 1.83 bits per heavy atom. The number of hydrogen-bond acceptors (Lipinski definition) is 3. The van der Waals surface area contributed by atoms with Gasteiger partial charge in [0.1, 0.15) is 11.5 Å². The summed E-state index contributed by atoms with van der Waals surface area (Å²) >= 11 is 6.16. The first-order valence-corrected chi connectivity index (χ1v) is 5.93. The Kier molecular flexibility index (Phi) is 2.68. The molecule has 4 heteroatoms. The Bertz CT molecular complexity index is 637. The van der Waals surface area contributed by atoms with E-state index in [0.29, 0.717) is 28.7 Å². The lowest BCUT2D eigenvalue weighted by Gasteiger charge is -2.08. The fraction of sp³-hybridized carbons (Fsp3) is 0.0714. The molecule has 0 amide bonds. The summed E-state index contributed by atoms with van der Waals surface area (Å²) in [5, 5.41) is 13.1. The minimum absolute atomic E-state index is 0.447. The molecule has 1 heterocycles. The molecule has 0 atom stereocenters. The van der Waals surface area contributed by atoms with Crippen molar-refractivity contribution in [2.24, 2.45) is 5.16 Å². The predicted octanol–water partition coefficient (Wildman–Crippen LogP) is 3.87. The first kappa shape index (κ1) is 11.1. The molecule has 0 bridgehead atoms. The van der Waals surface area contributed by atoms with Crippen LogP contribution in [0.2, 0.25) is 5.02 Å². The topological polar surface area (TPSA) is 41.8 Å². The highest BCUT2D eigenvalue weighted by Crippen LogP contribution is 2.36. The molecule has 0 radical (unpaired) electrons. The molecule has 0 aliphatic carbocycles. The van der Waals surface area contributed by atoms with Crippen molar-refractivity contribution in [3.05, 3.63) is 58.6 Å². The molecule has 0 spiro atoms. The fourth-order valence-electron chi connectivity index (χ4n) is 2.07. The first-order chi connectivity index (χ1) is 8.79. The summed E-state index contributed by atoms with van der Waals surface area (Å²) in [6.45, 7) is 0. The number of rotatable bonds is 0. The maximum atomic E-state index is 9.17. The summed E-state index contributed by atoms with van der Waals surface area (Å²) in [6.07, 6.45) is 0.447. The molecule has 3 rings (SSSR count). The molecular weight excluding hydrogens is 250 g/mol. The van der Waals surface area contributed by atoms with E-state index in [1.807, 2.05) is 36.4 Å². The summed E-state index contributed by atoms with van der Waals surface area (Å²) in [7, 11) is 0. The lowest BCUT2D eigenvalue weighted by Crippen LogP contribution is -2.04. The maximum absolute atomic E-state index is 9.17. The standard InChI is InChI=1S/C14H10ClNO2/c15-11-5-3-7-14-10(11)8-12(16-17)9-4-1-2-6-13(9)18-14/h1-7,17H,8H2/b16-12-. The van der Waals surface area contributed by atoms with Crippen LogP contribution in [0.25, 0.3) is 0 Å². The molecule has 0 saturated carbocycles. The molecule has 0 unspecified atom stereocenters. The summed E-state index contributed by atoms with van der Waals surface area (Å²) in [5.74, 6) is 1.37. The molecule has 0 saturated heterocycles. The zero-order chi connectivity index (χ0) is 12.5. The van der Waals surface area contributed by atoms with Crippen LogP contribution < -0.4 is 4.74 Å². The van der Waals surface area contributed by atoms with Crippen LogP contribution in [0.4, 0.5) is 0 Å². The van der Waals surface area contributed by atoms with Gasteiger partial charge >= 0.3 is 0 Å². The number of hydrogen-bond donors (Lipinski definition) is 1. The van der Waals surface area contributed by atoms with Crippen molar-refractivity contribution in [3.63, 3.8) is 0 Å². The highest BCUT2D eigenvalue weighted by Gasteiger charge is 2.21. The van der Waals surface area contributed by atoms with Gasteiger partial charge in [-0.25, -0.2) is 0 Å². The van der Waals surface area contributed by atoms with E-state index in [2.05, 4.69) is 5.16 Å². The minimum Gasteiger partial charge on any atom is -0.456 e. The van der Waals surface area contributed by atoms with Crippen LogP contribution in [0, 0.1) is 0 Å². The van der Waals surface area contributed by atoms with Crippen LogP contribution in [-0.4, -0.2) is 10.9 Å². The predicted molar refractivity (Wildman–Crippen MR) is 70.0 cm³/mol. The number of benzene rings is 2. The highest BCUT2D eigenvalue weighted by molar-refractivity contribution is 6.32. The van der Waals surface area contributed by atoms with E-state index < -0.39 is 0 Å². The normalized spacial score (nSPS) is 15.5. The average Bonchev–Trinajstić information content (AvgIpc) is 2.55. The third-order valence-corrected chi connectivity index (χ3v) is 3.31. The first-order valence-electron chi connectivity index (χ1n) is 5.55. The minimum atomic E-state index is 0.447. The molecule has 18 heavy (non-hydrogen) atoms. The summed E-state index contributed by atoms with van der Waals surface area (Å²) in [5.41, 5.74) is 2.17. The number of fused-ring (bicyclic) bond motifs is 2. The molecule has 0 fully saturated rings. The van der Waals surface area contributed by atoms with Crippen LogP contribution in [0.3, 0.4) is 0 Å².